The fourth-order valence-electron chi connectivity index (χ4n) is 1.61. The molecule has 0 saturated heterocycles. The van der Waals surface area contributed by atoms with Gasteiger partial charge in [0.25, 0.3) is 5.91 Å². The summed E-state index contributed by atoms with van der Waals surface area (Å²) >= 11 is 5.94. The Kier molecular flexibility index (Phi) is 3.87. The van der Waals surface area contributed by atoms with Gasteiger partial charge in [-0.15, -0.1) is 0 Å². The van der Waals surface area contributed by atoms with Gasteiger partial charge in [-0.25, -0.2) is 4.39 Å². The summed E-state index contributed by atoms with van der Waals surface area (Å²) in [6.45, 7) is 0. The number of nitrogens with one attached hydrogen (secondary N) is 1. The number of benzene rings is 2. The molecule has 20 heavy (non-hydrogen) atoms. The topological polar surface area (TPSA) is 78.9 Å². The normalized spacial score (nSPS) is 9.85. The molecular formula is C14H9ClFN3O. The molecule has 0 aliphatic heterocycles. The molecule has 0 aliphatic carbocycles. The second kappa shape index (κ2) is 5.59. The van der Waals surface area contributed by atoms with Crippen LogP contribution in [0.3, 0.4) is 0 Å². The number of nitrogens with two attached hydrogens (primary N) is 1. The zero-order chi connectivity index (χ0) is 14.7. The lowest BCUT2D eigenvalue weighted by atomic mass is 10.1. The highest BCUT2D eigenvalue weighted by Gasteiger charge is 2.13. The highest BCUT2D eigenvalue weighted by molar-refractivity contribution is 6.36. The highest BCUT2D eigenvalue weighted by atomic mass is 35.5. The van der Waals surface area contributed by atoms with E-state index in [0.29, 0.717) is 5.69 Å². The van der Waals surface area contributed by atoms with Gasteiger partial charge in [0.05, 0.1) is 21.8 Å². The Morgan fingerprint density at radius 2 is 2.10 bits per heavy atom. The molecule has 2 rings (SSSR count). The van der Waals surface area contributed by atoms with Gasteiger partial charge in [0.1, 0.15) is 11.9 Å². The monoisotopic (exact) mass is 289 g/mol. The fraction of sp³-hybridized carbons (Fsp3) is 0. The third-order valence-corrected chi connectivity index (χ3v) is 3.04. The molecule has 0 spiro atoms. The standard InChI is InChI=1S/C14H9ClFN3O/c15-13-10(2-1-3-12(13)18)14(20)19-9-4-5-11(16)8(6-9)7-17/h1-6H,18H2,(H,19,20). The van der Waals surface area contributed by atoms with Crippen LogP contribution in [0.2, 0.25) is 5.02 Å². The van der Waals surface area contributed by atoms with Gasteiger partial charge < -0.3 is 11.1 Å². The van der Waals surface area contributed by atoms with Crippen LogP contribution in [0.5, 0.6) is 0 Å². The number of hydrogen-bond donors (Lipinski definition) is 2. The maximum absolute atomic E-state index is 13.2. The number of carbonyl (C=O) groups is 1. The Hall–Kier alpha value is -2.58. The molecule has 0 atom stereocenters. The van der Waals surface area contributed by atoms with Crippen molar-refractivity contribution in [1.82, 2.24) is 0 Å². The number of rotatable bonds is 2. The first-order chi connectivity index (χ1) is 9.52. The molecule has 0 saturated carbocycles. The van der Waals surface area contributed by atoms with Crippen molar-refractivity contribution < 1.29 is 9.18 Å². The average Bonchev–Trinajstić information content (AvgIpc) is 2.43. The smallest absolute Gasteiger partial charge is 0.257 e. The van der Waals surface area contributed by atoms with Crippen molar-refractivity contribution in [3.05, 3.63) is 58.4 Å². The van der Waals surface area contributed by atoms with E-state index < -0.39 is 11.7 Å². The molecule has 0 bridgehead atoms. The van der Waals surface area contributed by atoms with Crippen LogP contribution in [0.1, 0.15) is 15.9 Å². The molecular weight excluding hydrogens is 281 g/mol. The predicted molar refractivity (Wildman–Crippen MR) is 74.9 cm³/mol. The summed E-state index contributed by atoms with van der Waals surface area (Å²) in [7, 11) is 0. The maximum atomic E-state index is 13.2. The second-order valence-electron chi connectivity index (χ2n) is 3.97. The Balaban J connectivity index is 2.29. The van der Waals surface area contributed by atoms with E-state index >= 15 is 0 Å². The van der Waals surface area contributed by atoms with E-state index in [1.807, 2.05) is 0 Å². The van der Waals surface area contributed by atoms with Crippen molar-refractivity contribution in [2.24, 2.45) is 0 Å². The van der Waals surface area contributed by atoms with Crippen LogP contribution in [0.25, 0.3) is 0 Å². The molecule has 0 heterocycles. The summed E-state index contributed by atoms with van der Waals surface area (Å²) in [6, 6.07) is 10.1. The van der Waals surface area contributed by atoms with Crippen LogP contribution in [0.4, 0.5) is 15.8 Å². The van der Waals surface area contributed by atoms with Crippen molar-refractivity contribution in [3.8, 4) is 6.07 Å². The van der Waals surface area contributed by atoms with Crippen LogP contribution in [-0.2, 0) is 0 Å². The number of halogens is 2. The summed E-state index contributed by atoms with van der Waals surface area (Å²) in [5, 5.41) is 11.4. The van der Waals surface area contributed by atoms with Crippen molar-refractivity contribution in [3.63, 3.8) is 0 Å². The van der Waals surface area contributed by atoms with E-state index in [9.17, 15) is 9.18 Å². The average molecular weight is 290 g/mol. The van der Waals surface area contributed by atoms with Gasteiger partial charge in [-0.3, -0.25) is 4.79 Å². The van der Waals surface area contributed by atoms with E-state index in [0.717, 1.165) is 6.07 Å². The molecule has 4 nitrogen and oxygen atoms in total. The number of nitrogen functional groups attached to an aromatic ring is 1. The maximum Gasteiger partial charge on any atom is 0.257 e. The van der Waals surface area contributed by atoms with Crippen molar-refractivity contribution in [2.45, 2.75) is 0 Å². The third kappa shape index (κ3) is 2.71. The molecule has 0 aromatic heterocycles. The number of nitrogens with zero attached hydrogens (tertiary/aromatic N) is 1. The second-order valence-corrected chi connectivity index (χ2v) is 4.35. The Morgan fingerprint density at radius 1 is 1.35 bits per heavy atom. The molecule has 2 aromatic carbocycles. The number of nitriles is 1. The molecule has 0 fully saturated rings. The summed E-state index contributed by atoms with van der Waals surface area (Å²) in [6.07, 6.45) is 0. The largest absolute Gasteiger partial charge is 0.398 e. The Morgan fingerprint density at radius 3 is 2.80 bits per heavy atom. The van der Waals surface area contributed by atoms with E-state index in [1.165, 1.54) is 18.2 Å². The first kappa shape index (κ1) is 13.8. The molecule has 0 aliphatic rings. The van der Waals surface area contributed by atoms with Gasteiger partial charge in [-0.2, -0.15) is 5.26 Å². The van der Waals surface area contributed by atoms with Gasteiger partial charge in [-0.1, -0.05) is 17.7 Å². The van der Waals surface area contributed by atoms with Crippen molar-refractivity contribution in [1.29, 1.82) is 5.26 Å². The van der Waals surface area contributed by atoms with E-state index in [4.69, 9.17) is 22.6 Å². The lowest BCUT2D eigenvalue weighted by molar-refractivity contribution is 0.102. The van der Waals surface area contributed by atoms with Gasteiger partial charge in [0, 0.05) is 5.69 Å². The minimum atomic E-state index is -0.646. The van der Waals surface area contributed by atoms with Crippen LogP contribution in [0, 0.1) is 17.1 Å². The van der Waals surface area contributed by atoms with Crippen LogP contribution >= 0.6 is 11.6 Å². The van der Waals surface area contributed by atoms with Crippen molar-refractivity contribution in [2.75, 3.05) is 11.1 Å². The lowest BCUT2D eigenvalue weighted by Crippen LogP contribution is -2.13. The Bertz CT molecular complexity index is 725. The SMILES string of the molecule is N#Cc1cc(NC(=O)c2cccc(N)c2Cl)ccc1F. The number of amides is 1. The molecule has 6 heteroatoms. The fourth-order valence-corrected chi connectivity index (χ4v) is 1.82. The highest BCUT2D eigenvalue weighted by Crippen LogP contribution is 2.24. The van der Waals surface area contributed by atoms with Crippen molar-refractivity contribution >= 4 is 28.9 Å². The Labute approximate surface area is 119 Å². The minimum Gasteiger partial charge on any atom is -0.398 e. The molecule has 2 aromatic rings. The molecule has 0 radical (unpaired) electrons. The first-order valence-corrected chi connectivity index (χ1v) is 5.95. The number of anilines is 2. The van der Waals surface area contributed by atoms with Gasteiger partial charge in [0.2, 0.25) is 0 Å². The quantitative estimate of drug-likeness (QED) is 0.833. The predicted octanol–water partition coefficient (Wildman–Crippen LogP) is 3.19. The molecule has 0 unspecified atom stereocenters. The molecule has 1 amide bonds. The van der Waals surface area contributed by atoms with Crippen LogP contribution in [0.15, 0.2) is 36.4 Å². The van der Waals surface area contributed by atoms with Gasteiger partial charge in [-0.05, 0) is 30.3 Å². The van der Waals surface area contributed by atoms with E-state index in [1.54, 1.807) is 18.2 Å². The summed E-state index contributed by atoms with van der Waals surface area (Å²) in [4.78, 5) is 12.0. The lowest BCUT2D eigenvalue weighted by Gasteiger charge is -2.08. The van der Waals surface area contributed by atoms with Crippen LogP contribution < -0.4 is 11.1 Å². The summed E-state index contributed by atoms with van der Waals surface area (Å²) in [5.41, 5.74) is 6.25. The number of hydrogen-bond acceptors (Lipinski definition) is 3. The first-order valence-electron chi connectivity index (χ1n) is 5.58. The molecule has 100 valence electrons. The van der Waals surface area contributed by atoms with Gasteiger partial charge in [0.15, 0.2) is 0 Å². The zero-order valence-corrected chi connectivity index (χ0v) is 10.9. The van der Waals surface area contributed by atoms with Gasteiger partial charge >= 0.3 is 0 Å². The minimum absolute atomic E-state index is 0.146. The van der Waals surface area contributed by atoms with E-state index in [2.05, 4.69) is 5.32 Å². The third-order valence-electron chi connectivity index (χ3n) is 2.62. The summed E-state index contributed by atoms with van der Waals surface area (Å²) < 4.78 is 13.2. The molecule has 3 N–H and O–H groups in total. The van der Waals surface area contributed by atoms with E-state index in [-0.39, 0.29) is 21.8 Å². The summed E-state index contributed by atoms with van der Waals surface area (Å²) in [5.74, 6) is -1.13. The zero-order valence-electron chi connectivity index (χ0n) is 10.2. The van der Waals surface area contributed by atoms with Crippen LogP contribution in [-0.4, -0.2) is 5.91 Å². The number of carbonyl (C=O) groups excluding carboxylic acids is 1.